The molecule has 18 heavy (non-hydrogen) atoms. The van der Waals surface area contributed by atoms with Crippen LogP contribution in [0, 0.1) is 0 Å². The summed E-state index contributed by atoms with van der Waals surface area (Å²) in [6.45, 7) is 0.830. The van der Waals surface area contributed by atoms with Gasteiger partial charge in [0.25, 0.3) is 0 Å². The molecule has 0 saturated heterocycles. The predicted octanol–water partition coefficient (Wildman–Crippen LogP) is 1.88. The Morgan fingerprint density at radius 3 is 2.89 bits per heavy atom. The molecule has 3 atom stereocenters. The third-order valence-electron chi connectivity index (χ3n) is 4.05. The second kappa shape index (κ2) is 5.29. The zero-order chi connectivity index (χ0) is 12.4. The summed E-state index contributed by atoms with van der Waals surface area (Å²) in [5.41, 5.74) is 1.30. The van der Waals surface area contributed by atoms with Gasteiger partial charge in [0, 0.05) is 19.0 Å². The van der Waals surface area contributed by atoms with Crippen LogP contribution < -0.4 is 10.1 Å². The molecule has 1 aliphatic heterocycles. The van der Waals surface area contributed by atoms with Gasteiger partial charge in [-0.05, 0) is 24.5 Å². The summed E-state index contributed by atoms with van der Waals surface area (Å²) >= 11 is 0. The fourth-order valence-electron chi connectivity index (χ4n) is 3.00. The van der Waals surface area contributed by atoms with Gasteiger partial charge in [-0.3, -0.25) is 0 Å². The van der Waals surface area contributed by atoms with Crippen LogP contribution in [0.2, 0.25) is 0 Å². The van der Waals surface area contributed by atoms with Crippen LogP contribution in [0.15, 0.2) is 24.3 Å². The van der Waals surface area contributed by atoms with Gasteiger partial charge in [-0.2, -0.15) is 0 Å². The molecule has 3 nitrogen and oxygen atoms in total. The molecule has 3 heteroatoms. The smallest absolute Gasteiger partial charge is 0.123 e. The van der Waals surface area contributed by atoms with Crippen molar-refractivity contribution in [3.8, 4) is 5.75 Å². The largest absolute Gasteiger partial charge is 0.488 e. The van der Waals surface area contributed by atoms with Gasteiger partial charge in [0.15, 0.2) is 0 Å². The second-order valence-electron chi connectivity index (χ2n) is 5.42. The monoisotopic (exact) mass is 247 g/mol. The van der Waals surface area contributed by atoms with Gasteiger partial charge >= 0.3 is 0 Å². The lowest BCUT2D eigenvalue weighted by atomic mass is 9.92. The van der Waals surface area contributed by atoms with Crippen LogP contribution in [0.5, 0.6) is 5.75 Å². The maximum atomic E-state index is 9.91. The van der Waals surface area contributed by atoms with Gasteiger partial charge in [-0.15, -0.1) is 0 Å². The fraction of sp³-hybridized carbons (Fsp3) is 0.600. The normalized spacial score (nSPS) is 30.8. The average Bonchev–Trinajstić information content (AvgIpc) is 2.80. The zero-order valence-corrected chi connectivity index (χ0v) is 10.6. The summed E-state index contributed by atoms with van der Waals surface area (Å²) in [7, 11) is 0. The zero-order valence-electron chi connectivity index (χ0n) is 10.6. The Labute approximate surface area is 108 Å². The number of fused-ring (bicyclic) bond motifs is 1. The van der Waals surface area contributed by atoms with E-state index in [1.807, 2.05) is 12.1 Å². The first-order valence-electron chi connectivity index (χ1n) is 6.99. The van der Waals surface area contributed by atoms with E-state index in [0.29, 0.717) is 0 Å². The van der Waals surface area contributed by atoms with Gasteiger partial charge in [0.2, 0.25) is 0 Å². The van der Waals surface area contributed by atoms with Crippen LogP contribution in [0.25, 0.3) is 0 Å². The van der Waals surface area contributed by atoms with E-state index in [4.69, 9.17) is 4.74 Å². The van der Waals surface area contributed by atoms with Crippen LogP contribution >= 0.6 is 0 Å². The van der Waals surface area contributed by atoms with Crippen molar-refractivity contribution in [2.24, 2.45) is 0 Å². The van der Waals surface area contributed by atoms with E-state index in [-0.39, 0.29) is 18.2 Å². The molecule has 2 N–H and O–H groups in total. The molecule has 1 aliphatic carbocycles. The Morgan fingerprint density at radius 1 is 1.22 bits per heavy atom. The number of benzene rings is 1. The summed E-state index contributed by atoms with van der Waals surface area (Å²) < 4.78 is 5.89. The lowest BCUT2D eigenvalue weighted by molar-refractivity contribution is 0.0846. The van der Waals surface area contributed by atoms with Gasteiger partial charge in [-0.25, -0.2) is 0 Å². The molecule has 1 saturated carbocycles. The van der Waals surface area contributed by atoms with Crippen molar-refractivity contribution in [2.45, 2.75) is 50.4 Å². The van der Waals surface area contributed by atoms with Crippen molar-refractivity contribution < 1.29 is 9.84 Å². The summed E-state index contributed by atoms with van der Waals surface area (Å²) in [4.78, 5) is 0. The molecular formula is C15H21NO2. The summed E-state index contributed by atoms with van der Waals surface area (Å²) in [6, 6.07) is 8.49. The quantitative estimate of drug-likeness (QED) is 0.857. The summed E-state index contributed by atoms with van der Waals surface area (Å²) in [5.74, 6) is 1.02. The Morgan fingerprint density at radius 2 is 2.06 bits per heavy atom. The van der Waals surface area contributed by atoms with Crippen molar-refractivity contribution in [2.75, 3.05) is 6.54 Å². The van der Waals surface area contributed by atoms with Crippen molar-refractivity contribution >= 4 is 0 Å². The van der Waals surface area contributed by atoms with E-state index in [9.17, 15) is 5.11 Å². The lowest BCUT2D eigenvalue weighted by Gasteiger charge is -2.29. The highest BCUT2D eigenvalue weighted by Crippen LogP contribution is 2.28. The second-order valence-corrected chi connectivity index (χ2v) is 5.42. The van der Waals surface area contributed by atoms with Crippen LogP contribution in [-0.2, 0) is 6.42 Å². The van der Waals surface area contributed by atoms with Gasteiger partial charge in [0.1, 0.15) is 11.9 Å². The first kappa shape index (κ1) is 12.0. The molecule has 0 bridgehead atoms. The lowest BCUT2D eigenvalue weighted by Crippen LogP contribution is -2.45. The Hall–Kier alpha value is -1.06. The molecule has 2 aliphatic rings. The van der Waals surface area contributed by atoms with E-state index in [0.717, 1.165) is 38.0 Å². The summed E-state index contributed by atoms with van der Waals surface area (Å²) in [5, 5.41) is 13.4. The van der Waals surface area contributed by atoms with Crippen LogP contribution in [0.3, 0.4) is 0 Å². The predicted molar refractivity (Wildman–Crippen MR) is 70.8 cm³/mol. The Kier molecular flexibility index (Phi) is 3.52. The highest BCUT2D eigenvalue weighted by atomic mass is 16.5. The fourth-order valence-corrected chi connectivity index (χ4v) is 3.00. The number of hydrogen-bond donors (Lipinski definition) is 2. The highest BCUT2D eigenvalue weighted by molar-refractivity contribution is 5.37. The average molecular weight is 247 g/mol. The maximum Gasteiger partial charge on any atom is 0.123 e. The van der Waals surface area contributed by atoms with Crippen molar-refractivity contribution in [3.05, 3.63) is 29.8 Å². The number of ether oxygens (including phenoxy) is 1. The molecule has 0 aromatic heterocycles. The highest BCUT2D eigenvalue weighted by Gasteiger charge is 2.26. The van der Waals surface area contributed by atoms with E-state index >= 15 is 0 Å². The molecule has 1 heterocycles. The number of nitrogens with one attached hydrogen (secondary N) is 1. The van der Waals surface area contributed by atoms with Crippen molar-refractivity contribution in [1.82, 2.24) is 5.32 Å². The number of aliphatic hydroxyl groups excluding tert-OH is 1. The van der Waals surface area contributed by atoms with Crippen LogP contribution in [0.1, 0.15) is 31.2 Å². The minimum atomic E-state index is -0.178. The number of para-hydroxylation sites is 1. The molecule has 0 radical (unpaired) electrons. The first-order chi connectivity index (χ1) is 8.83. The minimum Gasteiger partial charge on any atom is -0.488 e. The third kappa shape index (κ3) is 2.52. The van der Waals surface area contributed by atoms with Crippen LogP contribution in [-0.4, -0.2) is 29.9 Å². The molecular weight excluding hydrogens is 226 g/mol. The third-order valence-corrected chi connectivity index (χ3v) is 4.05. The Bertz CT molecular complexity index is 382. The van der Waals surface area contributed by atoms with E-state index < -0.39 is 0 Å². The molecule has 1 unspecified atom stereocenters. The molecule has 1 aromatic rings. The van der Waals surface area contributed by atoms with Crippen molar-refractivity contribution in [3.63, 3.8) is 0 Å². The van der Waals surface area contributed by atoms with E-state index in [1.165, 1.54) is 12.0 Å². The minimum absolute atomic E-state index is 0.178. The number of hydrogen-bond acceptors (Lipinski definition) is 3. The topological polar surface area (TPSA) is 41.5 Å². The molecule has 98 valence electrons. The SMILES string of the molecule is O[C@@H]1CCCC[C@H]1NCC1Cc2ccccc2O1. The van der Waals surface area contributed by atoms with Gasteiger partial charge in [-0.1, -0.05) is 31.0 Å². The number of rotatable bonds is 3. The van der Waals surface area contributed by atoms with Crippen molar-refractivity contribution in [1.29, 1.82) is 0 Å². The molecule has 0 amide bonds. The van der Waals surface area contributed by atoms with E-state index in [1.54, 1.807) is 0 Å². The first-order valence-corrected chi connectivity index (χ1v) is 6.99. The van der Waals surface area contributed by atoms with Gasteiger partial charge < -0.3 is 15.2 Å². The molecule has 0 spiro atoms. The van der Waals surface area contributed by atoms with E-state index in [2.05, 4.69) is 17.4 Å². The molecule has 3 rings (SSSR count). The van der Waals surface area contributed by atoms with Gasteiger partial charge in [0.05, 0.1) is 6.10 Å². The standard InChI is InChI=1S/C15H21NO2/c17-14-7-3-2-6-13(14)16-10-12-9-11-5-1-4-8-15(11)18-12/h1,4-5,8,12-14,16-17H,2-3,6-7,9-10H2/t12?,13-,14-/m1/s1. The molecule has 1 fully saturated rings. The number of aliphatic hydroxyl groups is 1. The molecule has 1 aromatic carbocycles. The summed E-state index contributed by atoms with van der Waals surface area (Å²) in [6.07, 6.45) is 5.42. The Balaban J connectivity index is 1.51. The van der Waals surface area contributed by atoms with Crippen LogP contribution in [0.4, 0.5) is 0 Å². The maximum absolute atomic E-state index is 9.91.